The number of fused-ring (bicyclic) bond motifs is 1. The zero-order chi connectivity index (χ0) is 25.9. The number of aryl methyl sites for hydroxylation is 1. The van der Waals surface area contributed by atoms with E-state index in [2.05, 4.69) is 25.2 Å². The lowest BCUT2D eigenvalue weighted by Crippen LogP contribution is -2.33. The van der Waals surface area contributed by atoms with E-state index in [1.807, 2.05) is 19.1 Å². The fourth-order valence-electron chi connectivity index (χ4n) is 3.29. The van der Waals surface area contributed by atoms with Crippen LogP contribution in [0.15, 0.2) is 39.3 Å². The van der Waals surface area contributed by atoms with Gasteiger partial charge in [-0.05, 0) is 24.1 Å². The normalized spacial score (nSPS) is 22.5. The molecule has 2 aromatic heterocycles. The number of imidazole rings is 1. The molecular weight excluding hydrogens is 489 g/mol. The summed E-state index contributed by atoms with van der Waals surface area (Å²) in [6.07, 6.45) is -4.16. The number of aromatic nitrogens is 4. The number of nitrogen functional groups attached to an aromatic ring is 1. The van der Waals surface area contributed by atoms with Crippen LogP contribution in [0, 0.1) is 0 Å². The van der Waals surface area contributed by atoms with E-state index in [1.165, 1.54) is 4.57 Å². The number of phosphoric acid groups is 1. The molecule has 0 saturated carbocycles. The number of H-pyrrole nitrogens is 1. The first-order valence-electron chi connectivity index (χ1n) is 10.1. The van der Waals surface area contributed by atoms with E-state index in [9.17, 15) is 20.1 Å². The predicted molar refractivity (Wildman–Crippen MR) is 120 cm³/mol. The Morgan fingerprint density at radius 3 is 2.31 bits per heavy atom. The summed E-state index contributed by atoms with van der Waals surface area (Å²) in [7, 11) is -4.64. The van der Waals surface area contributed by atoms with Crippen molar-refractivity contribution in [2.45, 2.75) is 37.9 Å². The fraction of sp³-hybridized carbons (Fsp3) is 0.389. The number of nitrogens with zero attached hydrogens (tertiary/aromatic N) is 5. The van der Waals surface area contributed by atoms with Crippen LogP contribution in [0.3, 0.4) is 0 Å². The maximum atomic E-state index is 12.3. The molecule has 0 bridgehead atoms. The Hall–Kier alpha value is -3.08. The summed E-state index contributed by atoms with van der Waals surface area (Å²) in [5, 5.41) is 38.2. The first-order chi connectivity index (χ1) is 16.4. The van der Waals surface area contributed by atoms with Gasteiger partial charge in [-0.15, -0.1) is 10.2 Å². The molecule has 3 heterocycles. The van der Waals surface area contributed by atoms with Gasteiger partial charge >= 0.3 is 7.82 Å². The second-order valence-electron chi connectivity index (χ2n) is 7.37. The van der Waals surface area contributed by atoms with Crippen molar-refractivity contribution >= 4 is 36.6 Å². The lowest BCUT2D eigenvalue weighted by atomic mass is 10.1. The Morgan fingerprint density at radius 1 is 1.14 bits per heavy atom. The Labute approximate surface area is 196 Å². The van der Waals surface area contributed by atoms with Gasteiger partial charge in [-0.1, -0.05) is 19.1 Å². The first-order valence-corrected chi connectivity index (χ1v) is 11.7. The Bertz CT molecular complexity index is 1300. The number of aromatic amines is 1. The van der Waals surface area contributed by atoms with E-state index in [0.29, 0.717) is 5.69 Å². The van der Waals surface area contributed by atoms with Crippen LogP contribution in [0.25, 0.3) is 11.2 Å². The van der Waals surface area contributed by atoms with Gasteiger partial charge in [-0.2, -0.15) is 4.98 Å². The number of hydrogen-bond acceptors (Lipinski definition) is 11. The van der Waals surface area contributed by atoms with E-state index in [-0.39, 0.29) is 23.1 Å². The molecular formula is C18H24N7O9P. The molecule has 4 rings (SSSR count). The van der Waals surface area contributed by atoms with Crippen molar-refractivity contribution in [1.82, 2.24) is 19.5 Å². The topological polar surface area (TPSA) is 262 Å². The number of ether oxygens (including phenoxy) is 1. The lowest BCUT2D eigenvalue weighted by molar-refractivity contribution is -0.0503. The van der Waals surface area contributed by atoms with E-state index in [1.54, 1.807) is 12.1 Å². The van der Waals surface area contributed by atoms with Crippen molar-refractivity contribution in [1.29, 1.82) is 0 Å². The molecule has 0 unspecified atom stereocenters. The highest BCUT2D eigenvalue weighted by molar-refractivity contribution is 7.45. The van der Waals surface area contributed by atoms with Crippen molar-refractivity contribution in [2.75, 3.05) is 12.3 Å². The number of anilines is 1. The zero-order valence-electron chi connectivity index (χ0n) is 18.2. The predicted octanol–water partition coefficient (Wildman–Crippen LogP) is -0.638. The molecule has 1 fully saturated rings. The number of aliphatic hydroxyl groups is 3. The zero-order valence-corrected chi connectivity index (χ0v) is 19.1. The summed E-state index contributed by atoms with van der Waals surface area (Å²) in [6.45, 7) is 1.52. The largest absolute Gasteiger partial charge is 0.466 e. The maximum absolute atomic E-state index is 12.3. The van der Waals surface area contributed by atoms with Crippen molar-refractivity contribution in [3.63, 3.8) is 0 Å². The van der Waals surface area contributed by atoms with Gasteiger partial charge in [0, 0.05) is 0 Å². The lowest BCUT2D eigenvalue weighted by Gasteiger charge is -2.17. The highest BCUT2D eigenvalue weighted by atomic mass is 31.2. The molecule has 0 amide bonds. The summed E-state index contributed by atoms with van der Waals surface area (Å²) in [5.41, 5.74) is 6.65. The van der Waals surface area contributed by atoms with Crippen molar-refractivity contribution < 1.29 is 39.3 Å². The molecule has 1 aliphatic heterocycles. The molecule has 0 aliphatic carbocycles. The van der Waals surface area contributed by atoms with Gasteiger partial charge < -0.3 is 40.5 Å². The van der Waals surface area contributed by atoms with Gasteiger partial charge in [0.05, 0.1) is 12.3 Å². The molecule has 190 valence electrons. The molecule has 1 saturated heterocycles. The first kappa shape index (κ1) is 26.5. The van der Waals surface area contributed by atoms with E-state index >= 15 is 0 Å². The van der Waals surface area contributed by atoms with Crippen molar-refractivity contribution in [3.05, 3.63) is 40.2 Å². The second kappa shape index (κ2) is 10.7. The number of hydrogen-bond donors (Lipinski definition) is 8. The molecule has 4 atom stereocenters. The van der Waals surface area contributed by atoms with Gasteiger partial charge in [-0.3, -0.25) is 14.3 Å². The van der Waals surface area contributed by atoms with Crippen LogP contribution in [0.5, 0.6) is 0 Å². The van der Waals surface area contributed by atoms with Gasteiger partial charge in [0.2, 0.25) is 5.95 Å². The van der Waals surface area contributed by atoms with E-state index < -0.39 is 44.5 Å². The van der Waals surface area contributed by atoms with E-state index in [4.69, 9.17) is 29.7 Å². The Morgan fingerprint density at radius 2 is 1.77 bits per heavy atom. The van der Waals surface area contributed by atoms with Crippen molar-refractivity contribution in [2.24, 2.45) is 10.2 Å². The van der Waals surface area contributed by atoms with Crippen LogP contribution >= 0.6 is 7.82 Å². The van der Waals surface area contributed by atoms with E-state index in [0.717, 1.165) is 12.0 Å². The molecule has 9 N–H and O–H groups in total. The number of nitrogens with one attached hydrogen (secondary N) is 1. The minimum Gasteiger partial charge on any atom is -0.394 e. The van der Waals surface area contributed by atoms with Crippen LogP contribution in [0.4, 0.5) is 17.6 Å². The van der Waals surface area contributed by atoms with Gasteiger partial charge in [0.15, 0.2) is 17.4 Å². The maximum Gasteiger partial charge on any atom is 0.466 e. The highest BCUT2D eigenvalue weighted by Gasteiger charge is 2.45. The average molecular weight is 513 g/mol. The molecule has 3 aromatic rings. The minimum absolute atomic E-state index is 0.00127. The molecule has 1 aromatic carbocycles. The summed E-state index contributed by atoms with van der Waals surface area (Å²) in [4.78, 5) is 44.4. The number of aliphatic hydroxyl groups excluding tert-OH is 3. The number of rotatable bonds is 5. The van der Waals surface area contributed by atoms with Gasteiger partial charge in [0.25, 0.3) is 11.5 Å². The second-order valence-corrected chi connectivity index (χ2v) is 8.39. The summed E-state index contributed by atoms with van der Waals surface area (Å²) < 4.78 is 15.7. The number of nitrogens with two attached hydrogens (primary N) is 1. The third-order valence-corrected chi connectivity index (χ3v) is 4.92. The summed E-state index contributed by atoms with van der Waals surface area (Å²) in [5.74, 6) is -0.248. The van der Waals surface area contributed by atoms with Gasteiger partial charge in [-0.25, -0.2) is 9.55 Å². The third kappa shape index (κ3) is 6.33. The third-order valence-electron chi connectivity index (χ3n) is 4.92. The molecule has 35 heavy (non-hydrogen) atoms. The Kier molecular flexibility index (Phi) is 8.09. The molecule has 0 radical (unpaired) electrons. The van der Waals surface area contributed by atoms with Crippen LogP contribution in [-0.4, -0.2) is 74.4 Å². The molecule has 17 heteroatoms. The van der Waals surface area contributed by atoms with Crippen LogP contribution in [-0.2, 0) is 15.7 Å². The van der Waals surface area contributed by atoms with Crippen LogP contribution < -0.4 is 11.3 Å². The number of benzene rings is 1. The van der Waals surface area contributed by atoms with Crippen LogP contribution in [0.2, 0.25) is 0 Å². The molecule has 16 nitrogen and oxygen atoms in total. The monoisotopic (exact) mass is 513 g/mol. The standard InChI is InChI=1S/C18H21N7O5.H3O4P/c1-2-8-3-5-9(6-4-8)23-24-18-20-11-14(21-17(19)22-15(11)29)25(18)16-13(28)12(27)10(7-26)30-16;1-5(2,3)4/h3-6,10,12-13,16,26-28H,2,7H2,1H3,(H3,19,21,22,29);(H3,1,2,3,4)/b24-23+;/t10-,12-,13-,16-;/m1./s1. The molecule has 1 aliphatic rings. The summed E-state index contributed by atoms with van der Waals surface area (Å²) >= 11 is 0. The van der Waals surface area contributed by atoms with Crippen LogP contribution in [0.1, 0.15) is 18.7 Å². The average Bonchev–Trinajstić information content (AvgIpc) is 3.28. The quantitative estimate of drug-likeness (QED) is 0.156. The highest BCUT2D eigenvalue weighted by Crippen LogP contribution is 2.35. The van der Waals surface area contributed by atoms with Gasteiger partial charge in [0.1, 0.15) is 18.3 Å². The summed E-state index contributed by atoms with van der Waals surface area (Å²) in [6, 6.07) is 7.39. The smallest absolute Gasteiger partial charge is 0.394 e. The SMILES string of the molecule is CCc1ccc(/N=N/c2nc3c(=O)[nH]c(N)nc3n2[C@@H]2O[C@H](CO)[C@@H](O)[C@H]2O)cc1.O=P(O)(O)O. The number of azo groups is 1. The minimum atomic E-state index is -4.64. The fourth-order valence-corrected chi connectivity index (χ4v) is 3.29. The molecule has 0 spiro atoms. The Balaban J connectivity index is 0.000000623. The van der Waals surface area contributed by atoms with Crippen molar-refractivity contribution in [3.8, 4) is 0 Å².